The Morgan fingerprint density at radius 2 is 1.91 bits per heavy atom. The average Bonchev–Trinajstić information content (AvgIpc) is 3.15. The number of hydrogen-bond acceptors (Lipinski definition) is 2. The van der Waals surface area contributed by atoms with Crippen LogP contribution >= 0.6 is 0 Å². The predicted molar refractivity (Wildman–Crippen MR) is 93.6 cm³/mol. The molecule has 118 valence electrons. The van der Waals surface area contributed by atoms with Gasteiger partial charge in [0, 0.05) is 12.2 Å². The number of benzene rings is 2. The van der Waals surface area contributed by atoms with Crippen LogP contribution in [0.1, 0.15) is 24.8 Å². The van der Waals surface area contributed by atoms with Gasteiger partial charge in [0.2, 0.25) is 5.91 Å². The molecule has 2 aromatic carbocycles. The minimum absolute atomic E-state index is 0.00123. The summed E-state index contributed by atoms with van der Waals surface area (Å²) in [5.41, 5.74) is 4.92. The van der Waals surface area contributed by atoms with Gasteiger partial charge in [-0.2, -0.15) is 0 Å². The predicted octanol–water partition coefficient (Wildman–Crippen LogP) is 3.38. The van der Waals surface area contributed by atoms with E-state index < -0.39 is 0 Å². The first-order chi connectivity index (χ1) is 11.3. The van der Waals surface area contributed by atoms with Crippen molar-refractivity contribution in [1.29, 1.82) is 0 Å². The van der Waals surface area contributed by atoms with E-state index in [0.29, 0.717) is 0 Å². The smallest absolute Gasteiger partial charge is 0.244 e. The van der Waals surface area contributed by atoms with Crippen LogP contribution in [0.3, 0.4) is 0 Å². The summed E-state index contributed by atoms with van der Waals surface area (Å²) in [5.74, 6) is 0.244. The van der Waals surface area contributed by atoms with E-state index in [-0.39, 0.29) is 11.9 Å². The van der Waals surface area contributed by atoms with Crippen molar-refractivity contribution < 1.29 is 4.79 Å². The van der Waals surface area contributed by atoms with Crippen molar-refractivity contribution in [2.75, 3.05) is 18.0 Å². The maximum absolute atomic E-state index is 12.9. The molecule has 0 radical (unpaired) electrons. The number of nitrogens with one attached hydrogen (secondary N) is 1. The molecule has 0 spiro atoms. The maximum atomic E-state index is 12.9. The minimum atomic E-state index is 0.00123. The number of nitrogens with zero attached hydrogens (tertiary/aromatic N) is 1. The monoisotopic (exact) mass is 306 g/mol. The van der Waals surface area contributed by atoms with Crippen LogP contribution in [-0.2, 0) is 11.2 Å². The van der Waals surface area contributed by atoms with Crippen molar-refractivity contribution in [1.82, 2.24) is 5.32 Å². The molecule has 23 heavy (non-hydrogen) atoms. The maximum Gasteiger partial charge on any atom is 0.244 e. The van der Waals surface area contributed by atoms with E-state index in [1.165, 1.54) is 16.7 Å². The lowest BCUT2D eigenvalue weighted by molar-refractivity contribution is -0.120. The molecule has 1 amide bonds. The van der Waals surface area contributed by atoms with E-state index in [1.807, 2.05) is 11.0 Å². The van der Waals surface area contributed by atoms with Crippen molar-refractivity contribution in [3.05, 3.63) is 54.1 Å². The van der Waals surface area contributed by atoms with E-state index in [4.69, 9.17) is 0 Å². The molecule has 2 aliphatic heterocycles. The van der Waals surface area contributed by atoms with Gasteiger partial charge >= 0.3 is 0 Å². The van der Waals surface area contributed by atoms with Gasteiger partial charge < -0.3 is 10.2 Å². The molecule has 0 saturated carbocycles. The van der Waals surface area contributed by atoms with Crippen LogP contribution in [0, 0.1) is 0 Å². The minimum Gasteiger partial charge on any atom is -0.311 e. The number of rotatable bonds is 2. The molecule has 2 aliphatic rings. The second-order valence-corrected chi connectivity index (χ2v) is 6.41. The van der Waals surface area contributed by atoms with E-state index >= 15 is 0 Å². The number of anilines is 1. The third-order valence-electron chi connectivity index (χ3n) is 4.96. The van der Waals surface area contributed by atoms with Crippen LogP contribution in [0.5, 0.6) is 0 Å². The van der Waals surface area contributed by atoms with Crippen LogP contribution in [0.4, 0.5) is 5.69 Å². The van der Waals surface area contributed by atoms with Gasteiger partial charge in [-0.1, -0.05) is 42.5 Å². The van der Waals surface area contributed by atoms with Gasteiger partial charge in [0.25, 0.3) is 0 Å². The molecule has 2 heterocycles. The molecule has 1 N–H and O–H groups in total. The van der Waals surface area contributed by atoms with Crippen LogP contribution in [0.15, 0.2) is 48.5 Å². The van der Waals surface area contributed by atoms with Crippen molar-refractivity contribution in [3.8, 4) is 11.1 Å². The Morgan fingerprint density at radius 1 is 1.04 bits per heavy atom. The Bertz CT molecular complexity index is 705. The van der Waals surface area contributed by atoms with Gasteiger partial charge in [0.05, 0.1) is 6.04 Å². The van der Waals surface area contributed by atoms with Gasteiger partial charge in [-0.3, -0.25) is 4.79 Å². The summed E-state index contributed by atoms with van der Waals surface area (Å²) in [6, 6.07) is 16.8. The number of hydrogen-bond donors (Lipinski definition) is 1. The van der Waals surface area contributed by atoms with Crippen molar-refractivity contribution in [2.45, 2.75) is 31.7 Å². The number of fused-ring (bicyclic) bond motifs is 1. The van der Waals surface area contributed by atoms with Crippen molar-refractivity contribution in [3.63, 3.8) is 0 Å². The molecule has 3 heteroatoms. The Balaban J connectivity index is 1.73. The standard InChI is InChI=1S/C20H22N2O/c23-20(18-11-5-13-21-18)22-14-6-10-17-16(9-4-12-19(17)22)15-7-2-1-3-8-15/h1-4,7-9,12,18,21H,5-6,10-11,13-14H2/t18-/m0/s1. The summed E-state index contributed by atoms with van der Waals surface area (Å²) in [6.45, 7) is 1.80. The fourth-order valence-corrected chi connectivity index (χ4v) is 3.83. The zero-order valence-electron chi connectivity index (χ0n) is 13.3. The first-order valence-corrected chi connectivity index (χ1v) is 8.56. The lowest BCUT2D eigenvalue weighted by atomic mass is 9.92. The second-order valence-electron chi connectivity index (χ2n) is 6.41. The number of carbonyl (C=O) groups excluding carboxylic acids is 1. The summed E-state index contributed by atoms with van der Waals surface area (Å²) in [7, 11) is 0. The zero-order chi connectivity index (χ0) is 15.6. The first kappa shape index (κ1) is 14.5. The summed E-state index contributed by atoms with van der Waals surface area (Å²) in [6.07, 6.45) is 4.14. The molecular weight excluding hydrogens is 284 g/mol. The third kappa shape index (κ3) is 2.66. The van der Waals surface area contributed by atoms with Gasteiger partial charge in [-0.25, -0.2) is 0 Å². The van der Waals surface area contributed by atoms with E-state index in [1.54, 1.807) is 0 Å². The second kappa shape index (κ2) is 6.17. The Labute approximate surface area is 137 Å². The van der Waals surface area contributed by atoms with Gasteiger partial charge in [-0.05, 0) is 55.0 Å². The highest BCUT2D eigenvalue weighted by Gasteiger charge is 2.31. The Hall–Kier alpha value is -2.13. The summed E-state index contributed by atoms with van der Waals surface area (Å²) < 4.78 is 0. The zero-order valence-corrected chi connectivity index (χ0v) is 13.3. The van der Waals surface area contributed by atoms with Gasteiger partial charge in [-0.15, -0.1) is 0 Å². The van der Waals surface area contributed by atoms with Gasteiger partial charge in [0.1, 0.15) is 0 Å². The lowest BCUT2D eigenvalue weighted by Crippen LogP contribution is -2.45. The molecule has 2 aromatic rings. The first-order valence-electron chi connectivity index (χ1n) is 8.56. The average molecular weight is 306 g/mol. The summed E-state index contributed by atoms with van der Waals surface area (Å²) in [5, 5.41) is 3.34. The molecule has 1 saturated heterocycles. The molecule has 0 aliphatic carbocycles. The summed E-state index contributed by atoms with van der Waals surface area (Å²) in [4.78, 5) is 14.9. The molecule has 0 aromatic heterocycles. The summed E-state index contributed by atoms with van der Waals surface area (Å²) >= 11 is 0. The number of carbonyl (C=O) groups is 1. The van der Waals surface area contributed by atoms with Crippen LogP contribution in [0.2, 0.25) is 0 Å². The highest BCUT2D eigenvalue weighted by molar-refractivity contribution is 5.99. The van der Waals surface area contributed by atoms with E-state index in [2.05, 4.69) is 47.8 Å². The molecule has 4 rings (SSSR count). The van der Waals surface area contributed by atoms with Crippen LogP contribution in [0.25, 0.3) is 11.1 Å². The Kier molecular flexibility index (Phi) is 3.88. The quantitative estimate of drug-likeness (QED) is 0.922. The van der Waals surface area contributed by atoms with Crippen LogP contribution in [-0.4, -0.2) is 25.0 Å². The third-order valence-corrected chi connectivity index (χ3v) is 4.96. The fraction of sp³-hybridized carbons (Fsp3) is 0.350. The van der Waals surface area contributed by atoms with E-state index in [9.17, 15) is 4.79 Å². The molecule has 1 atom stereocenters. The molecule has 0 bridgehead atoms. The highest BCUT2D eigenvalue weighted by atomic mass is 16.2. The van der Waals surface area contributed by atoms with Crippen molar-refractivity contribution >= 4 is 11.6 Å². The normalized spacial score (nSPS) is 20.3. The molecule has 0 unspecified atom stereocenters. The topological polar surface area (TPSA) is 32.3 Å². The molecular formula is C20H22N2O. The van der Waals surface area contributed by atoms with Crippen molar-refractivity contribution in [2.24, 2.45) is 0 Å². The largest absolute Gasteiger partial charge is 0.311 e. The highest BCUT2D eigenvalue weighted by Crippen LogP contribution is 2.35. The molecule has 3 nitrogen and oxygen atoms in total. The molecule has 1 fully saturated rings. The lowest BCUT2D eigenvalue weighted by Gasteiger charge is -2.32. The van der Waals surface area contributed by atoms with Gasteiger partial charge in [0.15, 0.2) is 0 Å². The van der Waals surface area contributed by atoms with Crippen LogP contribution < -0.4 is 10.2 Å². The van der Waals surface area contributed by atoms with E-state index in [0.717, 1.165) is 44.5 Å². The SMILES string of the molecule is O=C([C@@H]1CCCN1)N1CCCc2c(-c3ccccc3)cccc21. The number of amides is 1. The Morgan fingerprint density at radius 3 is 2.70 bits per heavy atom. The fourth-order valence-electron chi connectivity index (χ4n) is 3.83.